The third-order valence-corrected chi connectivity index (χ3v) is 5.12. The fourth-order valence-corrected chi connectivity index (χ4v) is 3.97. The fourth-order valence-electron chi connectivity index (χ4n) is 3.97. The lowest BCUT2D eigenvalue weighted by atomic mass is 10.1. The second-order valence-electron chi connectivity index (χ2n) is 6.63. The molecule has 2 heterocycles. The van der Waals surface area contributed by atoms with E-state index in [0.717, 1.165) is 30.8 Å². The van der Waals surface area contributed by atoms with Gasteiger partial charge in [-0.2, -0.15) is 0 Å². The van der Waals surface area contributed by atoms with Gasteiger partial charge in [-0.05, 0) is 60.9 Å². The SMILES string of the molecule is O=C(Nc1cccc(-n2cnnn2)c1)C1CCCN1C1CCCC1. The molecule has 1 aromatic heterocycles. The Morgan fingerprint density at radius 1 is 1.17 bits per heavy atom. The number of tetrazole rings is 1. The van der Waals surface area contributed by atoms with Crippen LogP contribution < -0.4 is 5.32 Å². The zero-order valence-electron chi connectivity index (χ0n) is 13.6. The lowest BCUT2D eigenvalue weighted by Crippen LogP contribution is -2.44. The largest absolute Gasteiger partial charge is 0.325 e. The Balaban J connectivity index is 1.46. The van der Waals surface area contributed by atoms with Crippen molar-refractivity contribution in [3.8, 4) is 5.69 Å². The van der Waals surface area contributed by atoms with Crippen molar-refractivity contribution in [2.75, 3.05) is 11.9 Å². The minimum Gasteiger partial charge on any atom is -0.325 e. The Bertz CT molecular complexity index is 695. The Labute approximate surface area is 141 Å². The van der Waals surface area contributed by atoms with E-state index in [2.05, 4.69) is 25.7 Å². The number of aromatic nitrogens is 4. The number of hydrogen-bond acceptors (Lipinski definition) is 5. The molecule has 1 saturated carbocycles. The van der Waals surface area contributed by atoms with Crippen molar-refractivity contribution in [2.45, 2.75) is 50.6 Å². The number of amides is 1. The molecule has 24 heavy (non-hydrogen) atoms. The predicted molar refractivity (Wildman–Crippen MR) is 89.8 cm³/mol. The van der Waals surface area contributed by atoms with Gasteiger partial charge in [-0.1, -0.05) is 18.9 Å². The number of rotatable bonds is 4. The lowest BCUT2D eigenvalue weighted by Gasteiger charge is -2.29. The monoisotopic (exact) mass is 326 g/mol. The summed E-state index contributed by atoms with van der Waals surface area (Å²) in [5.74, 6) is 0.105. The number of nitrogens with one attached hydrogen (secondary N) is 1. The molecule has 7 nitrogen and oxygen atoms in total. The normalized spacial score (nSPS) is 22.1. The highest BCUT2D eigenvalue weighted by atomic mass is 16.2. The molecular formula is C17H22N6O. The van der Waals surface area contributed by atoms with Gasteiger partial charge in [0.25, 0.3) is 0 Å². The Hall–Kier alpha value is -2.28. The summed E-state index contributed by atoms with van der Waals surface area (Å²) in [4.78, 5) is 15.2. The first kappa shape index (κ1) is 15.3. The van der Waals surface area contributed by atoms with Crippen LogP contribution in [0.25, 0.3) is 5.69 Å². The number of nitrogens with zero attached hydrogens (tertiary/aromatic N) is 5. The van der Waals surface area contributed by atoms with Crippen molar-refractivity contribution in [1.82, 2.24) is 25.1 Å². The molecule has 1 aliphatic heterocycles. The van der Waals surface area contributed by atoms with Gasteiger partial charge in [0.05, 0.1) is 11.7 Å². The summed E-state index contributed by atoms with van der Waals surface area (Å²) in [5.41, 5.74) is 1.61. The van der Waals surface area contributed by atoms with Crippen molar-refractivity contribution in [1.29, 1.82) is 0 Å². The standard InChI is InChI=1S/C17H22N6O/c24-17(16-9-4-10-22(16)14-6-1-2-7-14)19-13-5-3-8-15(11-13)23-12-18-20-21-23/h3,5,8,11-12,14,16H,1-2,4,6-7,9-10H2,(H,19,24). The van der Waals surface area contributed by atoms with E-state index < -0.39 is 0 Å². The first-order valence-electron chi connectivity index (χ1n) is 8.71. The maximum absolute atomic E-state index is 12.8. The van der Waals surface area contributed by atoms with E-state index in [9.17, 15) is 4.79 Å². The van der Waals surface area contributed by atoms with E-state index in [1.165, 1.54) is 25.7 Å². The van der Waals surface area contributed by atoms with Gasteiger partial charge in [0.1, 0.15) is 6.33 Å². The van der Waals surface area contributed by atoms with Gasteiger partial charge in [-0.25, -0.2) is 4.68 Å². The molecule has 1 atom stereocenters. The molecule has 126 valence electrons. The van der Waals surface area contributed by atoms with Crippen molar-refractivity contribution in [3.63, 3.8) is 0 Å². The molecule has 1 amide bonds. The average Bonchev–Trinajstić information content (AvgIpc) is 3.35. The first-order chi connectivity index (χ1) is 11.8. The quantitative estimate of drug-likeness (QED) is 0.930. The van der Waals surface area contributed by atoms with E-state index in [0.29, 0.717) is 6.04 Å². The maximum atomic E-state index is 12.8. The second-order valence-corrected chi connectivity index (χ2v) is 6.63. The van der Waals surface area contributed by atoms with Crippen LogP contribution in [0.4, 0.5) is 5.69 Å². The van der Waals surface area contributed by atoms with Crippen LogP contribution in [-0.4, -0.2) is 49.6 Å². The van der Waals surface area contributed by atoms with Gasteiger partial charge in [0.2, 0.25) is 5.91 Å². The summed E-state index contributed by atoms with van der Waals surface area (Å²) in [7, 11) is 0. The highest BCUT2D eigenvalue weighted by Gasteiger charge is 2.36. The molecule has 1 unspecified atom stereocenters. The molecule has 2 aromatic rings. The fraction of sp³-hybridized carbons (Fsp3) is 0.529. The molecule has 1 aliphatic carbocycles. The highest BCUT2D eigenvalue weighted by molar-refractivity contribution is 5.95. The third-order valence-electron chi connectivity index (χ3n) is 5.12. The van der Waals surface area contributed by atoms with E-state index >= 15 is 0 Å². The Morgan fingerprint density at radius 3 is 2.83 bits per heavy atom. The number of hydrogen-bond donors (Lipinski definition) is 1. The van der Waals surface area contributed by atoms with E-state index in [1.54, 1.807) is 11.0 Å². The minimum atomic E-state index is 0.00444. The van der Waals surface area contributed by atoms with Gasteiger partial charge in [0.15, 0.2) is 0 Å². The van der Waals surface area contributed by atoms with Crippen molar-refractivity contribution in [3.05, 3.63) is 30.6 Å². The molecular weight excluding hydrogens is 304 g/mol. The number of carbonyl (C=O) groups is 1. The van der Waals surface area contributed by atoms with Gasteiger partial charge in [0, 0.05) is 11.7 Å². The molecule has 4 rings (SSSR count). The molecule has 2 aliphatic rings. The number of carbonyl (C=O) groups excluding carboxylic acids is 1. The summed E-state index contributed by atoms with van der Waals surface area (Å²) in [6.45, 7) is 1.05. The van der Waals surface area contributed by atoms with Crippen LogP contribution in [0.15, 0.2) is 30.6 Å². The molecule has 1 saturated heterocycles. The van der Waals surface area contributed by atoms with Crippen LogP contribution in [0, 0.1) is 0 Å². The van der Waals surface area contributed by atoms with Crippen LogP contribution in [-0.2, 0) is 4.79 Å². The zero-order chi connectivity index (χ0) is 16.4. The summed E-state index contributed by atoms with van der Waals surface area (Å²) in [5, 5.41) is 14.2. The predicted octanol–water partition coefficient (Wildman–Crippen LogP) is 2.01. The van der Waals surface area contributed by atoms with Gasteiger partial charge < -0.3 is 5.32 Å². The highest BCUT2D eigenvalue weighted by Crippen LogP contribution is 2.30. The Kier molecular flexibility index (Phi) is 4.25. The van der Waals surface area contributed by atoms with Crippen molar-refractivity contribution < 1.29 is 4.79 Å². The zero-order valence-corrected chi connectivity index (χ0v) is 13.6. The number of anilines is 1. The summed E-state index contributed by atoms with van der Waals surface area (Å²) in [6.07, 6.45) is 8.66. The van der Waals surface area contributed by atoms with Crippen molar-refractivity contribution in [2.24, 2.45) is 0 Å². The minimum absolute atomic E-state index is 0.00444. The maximum Gasteiger partial charge on any atom is 0.241 e. The van der Waals surface area contributed by atoms with Crippen LogP contribution in [0.1, 0.15) is 38.5 Å². The molecule has 2 fully saturated rings. The van der Waals surface area contributed by atoms with E-state index in [1.807, 2.05) is 24.3 Å². The van der Waals surface area contributed by atoms with E-state index in [4.69, 9.17) is 0 Å². The Morgan fingerprint density at radius 2 is 2.04 bits per heavy atom. The molecule has 0 spiro atoms. The van der Waals surface area contributed by atoms with Crippen molar-refractivity contribution >= 4 is 11.6 Å². The molecule has 0 bridgehead atoms. The topological polar surface area (TPSA) is 75.9 Å². The summed E-state index contributed by atoms with van der Waals surface area (Å²) < 4.78 is 1.58. The molecule has 0 radical (unpaired) electrons. The first-order valence-corrected chi connectivity index (χ1v) is 8.71. The number of likely N-dealkylation sites (tertiary alicyclic amines) is 1. The molecule has 1 N–H and O–H groups in total. The number of benzene rings is 1. The van der Waals surface area contributed by atoms with E-state index in [-0.39, 0.29) is 11.9 Å². The van der Waals surface area contributed by atoms with Gasteiger partial charge in [-0.3, -0.25) is 9.69 Å². The lowest BCUT2D eigenvalue weighted by molar-refractivity contribution is -0.121. The van der Waals surface area contributed by atoms with Crippen LogP contribution in [0.5, 0.6) is 0 Å². The van der Waals surface area contributed by atoms with Gasteiger partial charge in [-0.15, -0.1) is 5.10 Å². The van der Waals surface area contributed by atoms with Crippen LogP contribution >= 0.6 is 0 Å². The van der Waals surface area contributed by atoms with Gasteiger partial charge >= 0.3 is 0 Å². The summed E-state index contributed by atoms with van der Waals surface area (Å²) in [6, 6.07) is 8.20. The molecule has 7 heteroatoms. The third kappa shape index (κ3) is 3.03. The van der Waals surface area contributed by atoms with Crippen LogP contribution in [0.3, 0.4) is 0 Å². The van der Waals surface area contributed by atoms with Crippen LogP contribution in [0.2, 0.25) is 0 Å². The summed E-state index contributed by atoms with van der Waals surface area (Å²) >= 11 is 0. The smallest absolute Gasteiger partial charge is 0.241 e. The molecule has 1 aromatic carbocycles. The second kappa shape index (κ2) is 6.68. The average molecular weight is 326 g/mol.